The molecule has 28 heavy (non-hydrogen) atoms. The fourth-order valence-corrected chi connectivity index (χ4v) is 4.51. The summed E-state index contributed by atoms with van der Waals surface area (Å²) in [5, 5.41) is 4.37. The molecule has 0 spiro atoms. The van der Waals surface area contributed by atoms with Gasteiger partial charge < -0.3 is 15.2 Å². The molecule has 1 amide bonds. The Kier molecular flexibility index (Phi) is 4.63. The predicted octanol–water partition coefficient (Wildman–Crippen LogP) is 3.79. The van der Waals surface area contributed by atoms with Gasteiger partial charge in [-0.05, 0) is 43.7 Å². The van der Waals surface area contributed by atoms with Gasteiger partial charge in [0, 0.05) is 30.7 Å². The van der Waals surface area contributed by atoms with E-state index in [1.165, 1.54) is 12.4 Å². The lowest BCUT2D eigenvalue weighted by molar-refractivity contribution is -0.130. The lowest BCUT2D eigenvalue weighted by atomic mass is 9.90. The Bertz CT molecular complexity index is 905. The van der Waals surface area contributed by atoms with E-state index in [1.807, 2.05) is 11.1 Å². The molecule has 2 aliphatic rings. The maximum atomic E-state index is 14.3. The lowest BCUT2D eigenvalue weighted by Crippen LogP contribution is -2.52. The van der Waals surface area contributed by atoms with Gasteiger partial charge in [0.1, 0.15) is 23.5 Å². The van der Waals surface area contributed by atoms with Crippen molar-refractivity contribution < 1.29 is 9.18 Å². The minimum absolute atomic E-state index is 0.0356. The van der Waals surface area contributed by atoms with Gasteiger partial charge in [0.05, 0.1) is 5.39 Å². The molecule has 2 aromatic heterocycles. The Hall–Kier alpha value is -2.44. The number of halogens is 1. The summed E-state index contributed by atoms with van der Waals surface area (Å²) in [6, 6.07) is 0.297. The van der Waals surface area contributed by atoms with Gasteiger partial charge in [-0.15, -0.1) is 0 Å². The Morgan fingerprint density at radius 1 is 1.46 bits per heavy atom. The molecular formula is C21H28FN5O. The number of aromatic nitrogens is 3. The van der Waals surface area contributed by atoms with E-state index in [2.05, 4.69) is 40.7 Å². The first-order chi connectivity index (χ1) is 13.3. The van der Waals surface area contributed by atoms with Crippen LogP contribution in [-0.2, 0) is 4.79 Å². The number of anilines is 1. The number of amides is 1. The van der Waals surface area contributed by atoms with Crippen LogP contribution in [0.2, 0.25) is 0 Å². The summed E-state index contributed by atoms with van der Waals surface area (Å²) in [5.41, 5.74) is 0.480. The van der Waals surface area contributed by atoms with Gasteiger partial charge in [-0.3, -0.25) is 4.79 Å². The fourth-order valence-electron chi connectivity index (χ4n) is 4.51. The average Bonchev–Trinajstić information content (AvgIpc) is 3.10. The van der Waals surface area contributed by atoms with Crippen LogP contribution in [0.5, 0.6) is 0 Å². The lowest BCUT2D eigenvalue weighted by Gasteiger charge is -2.41. The van der Waals surface area contributed by atoms with E-state index in [1.54, 1.807) is 6.92 Å². The predicted molar refractivity (Wildman–Crippen MR) is 108 cm³/mol. The van der Waals surface area contributed by atoms with Crippen molar-refractivity contribution in [1.82, 2.24) is 19.9 Å². The van der Waals surface area contributed by atoms with Crippen molar-refractivity contribution in [1.29, 1.82) is 0 Å². The molecule has 150 valence electrons. The van der Waals surface area contributed by atoms with Gasteiger partial charge in [-0.1, -0.05) is 20.4 Å². The maximum Gasteiger partial charge on any atom is 0.246 e. The smallest absolute Gasteiger partial charge is 0.246 e. The van der Waals surface area contributed by atoms with Crippen LogP contribution in [0.1, 0.15) is 51.5 Å². The van der Waals surface area contributed by atoms with Crippen molar-refractivity contribution in [2.45, 2.75) is 63.7 Å². The third-order valence-electron chi connectivity index (χ3n) is 6.24. The molecule has 2 unspecified atom stereocenters. The summed E-state index contributed by atoms with van der Waals surface area (Å²) in [6.07, 6.45) is 7.14. The molecule has 0 radical (unpaired) electrons. The van der Waals surface area contributed by atoms with Crippen LogP contribution >= 0.6 is 0 Å². The second-order valence-corrected chi connectivity index (χ2v) is 8.65. The van der Waals surface area contributed by atoms with Crippen molar-refractivity contribution in [3.05, 3.63) is 30.7 Å². The van der Waals surface area contributed by atoms with E-state index >= 15 is 0 Å². The number of fused-ring (bicyclic) bond motifs is 1. The van der Waals surface area contributed by atoms with Crippen LogP contribution in [0, 0.1) is 5.92 Å². The van der Waals surface area contributed by atoms with Gasteiger partial charge in [0.25, 0.3) is 0 Å². The van der Waals surface area contributed by atoms with Crippen LogP contribution in [0.4, 0.5) is 10.2 Å². The Morgan fingerprint density at radius 2 is 2.21 bits per heavy atom. The molecule has 2 fully saturated rings. The van der Waals surface area contributed by atoms with Gasteiger partial charge in [0.15, 0.2) is 0 Å². The second-order valence-electron chi connectivity index (χ2n) is 8.65. The minimum atomic E-state index is -1.16. The van der Waals surface area contributed by atoms with Crippen molar-refractivity contribution >= 4 is 22.8 Å². The van der Waals surface area contributed by atoms with E-state index in [0.717, 1.165) is 23.8 Å². The van der Waals surface area contributed by atoms with E-state index in [4.69, 9.17) is 0 Å². The summed E-state index contributed by atoms with van der Waals surface area (Å²) in [4.78, 5) is 26.2. The molecule has 2 N–H and O–H groups in total. The van der Waals surface area contributed by atoms with Crippen LogP contribution in [0.3, 0.4) is 0 Å². The number of hydrogen-bond donors (Lipinski definition) is 2. The maximum absolute atomic E-state index is 14.3. The largest absolute Gasteiger partial charge is 0.365 e. The van der Waals surface area contributed by atoms with Crippen LogP contribution in [0.15, 0.2) is 25.2 Å². The third kappa shape index (κ3) is 3.27. The fraction of sp³-hybridized carbons (Fsp3) is 0.571. The number of H-pyrrole nitrogens is 1. The Morgan fingerprint density at radius 3 is 2.86 bits per heavy atom. The van der Waals surface area contributed by atoms with Crippen LogP contribution in [0.25, 0.3) is 11.0 Å². The van der Waals surface area contributed by atoms with Crippen molar-refractivity contribution in [2.75, 3.05) is 11.9 Å². The number of carbonyl (C=O) groups excluding carboxylic acids is 1. The van der Waals surface area contributed by atoms with Gasteiger partial charge >= 0.3 is 0 Å². The third-order valence-corrected chi connectivity index (χ3v) is 6.24. The van der Waals surface area contributed by atoms with Gasteiger partial charge in [0.2, 0.25) is 5.91 Å². The van der Waals surface area contributed by atoms with E-state index in [9.17, 15) is 9.18 Å². The molecule has 0 bridgehead atoms. The molecule has 0 aromatic carbocycles. The van der Waals surface area contributed by atoms with E-state index in [-0.39, 0.29) is 23.9 Å². The quantitative estimate of drug-likeness (QED) is 0.768. The van der Waals surface area contributed by atoms with Crippen LogP contribution < -0.4 is 5.32 Å². The summed E-state index contributed by atoms with van der Waals surface area (Å²) < 4.78 is 14.3. The SMILES string of the molecule is C=CC(=O)N1CC(Nc2ncnc3[nH]cc([C@@H]4CC4(C)F)c23)CC[C@H]1C(C)C. The number of likely N-dealkylation sites (tertiary alicyclic amines) is 1. The monoisotopic (exact) mass is 385 g/mol. The molecule has 1 aliphatic carbocycles. The second kappa shape index (κ2) is 6.87. The molecule has 7 heteroatoms. The summed E-state index contributed by atoms with van der Waals surface area (Å²) in [5.74, 6) is 0.946. The first-order valence-corrected chi connectivity index (χ1v) is 10.0. The number of piperidine rings is 1. The highest BCUT2D eigenvalue weighted by atomic mass is 19.1. The number of aromatic amines is 1. The molecule has 3 heterocycles. The minimum Gasteiger partial charge on any atom is -0.365 e. The first-order valence-electron chi connectivity index (χ1n) is 10.0. The number of carbonyl (C=O) groups is 1. The zero-order valence-electron chi connectivity index (χ0n) is 16.7. The highest BCUT2D eigenvalue weighted by Crippen LogP contribution is 2.56. The molecule has 6 nitrogen and oxygen atoms in total. The molecule has 1 saturated heterocycles. The topological polar surface area (TPSA) is 73.9 Å². The Labute approximate surface area is 164 Å². The number of hydrogen-bond acceptors (Lipinski definition) is 4. The highest BCUT2D eigenvalue weighted by molar-refractivity contribution is 5.91. The zero-order valence-corrected chi connectivity index (χ0v) is 16.7. The molecule has 1 aliphatic heterocycles. The van der Waals surface area contributed by atoms with Crippen molar-refractivity contribution in [2.24, 2.45) is 5.92 Å². The van der Waals surface area contributed by atoms with E-state index < -0.39 is 5.67 Å². The Balaban J connectivity index is 1.59. The molecule has 4 atom stereocenters. The standard InChI is InChI=1S/C21H28FN5O/c1-5-17(28)27-10-13(6-7-16(27)12(2)3)26-20-18-14(15-8-21(15,4)22)9-23-19(18)24-11-25-20/h5,9,11-13,15-16H,1,6-8,10H2,2-4H3,(H2,23,24,25,26)/t13?,15-,16-,21?/m0/s1. The number of nitrogens with zero attached hydrogens (tertiary/aromatic N) is 3. The van der Waals surface area contributed by atoms with Crippen LogP contribution in [-0.4, -0.2) is 50.1 Å². The highest BCUT2D eigenvalue weighted by Gasteiger charge is 2.53. The number of nitrogens with one attached hydrogen (secondary N) is 2. The van der Waals surface area contributed by atoms with Gasteiger partial charge in [-0.2, -0.15) is 0 Å². The zero-order chi connectivity index (χ0) is 20.1. The summed E-state index contributed by atoms with van der Waals surface area (Å²) in [6.45, 7) is 10.2. The normalized spacial score (nSPS) is 29.9. The first kappa shape index (κ1) is 18.9. The van der Waals surface area contributed by atoms with Crippen molar-refractivity contribution in [3.63, 3.8) is 0 Å². The summed E-state index contributed by atoms with van der Waals surface area (Å²) in [7, 11) is 0. The molecular weight excluding hydrogens is 357 g/mol. The number of alkyl halides is 1. The average molecular weight is 385 g/mol. The number of rotatable bonds is 5. The molecule has 2 aromatic rings. The van der Waals surface area contributed by atoms with Gasteiger partial charge in [-0.25, -0.2) is 14.4 Å². The molecule has 1 saturated carbocycles. The molecule has 4 rings (SSSR count). The van der Waals surface area contributed by atoms with Crippen molar-refractivity contribution in [3.8, 4) is 0 Å². The van der Waals surface area contributed by atoms with E-state index in [0.29, 0.717) is 30.3 Å². The summed E-state index contributed by atoms with van der Waals surface area (Å²) >= 11 is 0.